The second-order valence-corrected chi connectivity index (χ2v) is 7.77. The van der Waals surface area contributed by atoms with Crippen LogP contribution in [0.4, 0.5) is 17.6 Å². The Hall–Kier alpha value is -2.16. The van der Waals surface area contributed by atoms with Crippen LogP contribution in [-0.2, 0) is 16.6 Å². The molecule has 160 valence electrons. The topological polar surface area (TPSA) is 53.4 Å². The normalized spacial score (nSPS) is 20.8. The van der Waals surface area contributed by atoms with Crippen LogP contribution in [-0.4, -0.2) is 34.1 Å². The van der Waals surface area contributed by atoms with Gasteiger partial charge in [0.1, 0.15) is 22.9 Å². The van der Waals surface area contributed by atoms with Crippen molar-refractivity contribution in [3.8, 4) is 6.01 Å². The maximum Gasteiger partial charge on any atom is 0.297 e. The molecule has 0 amide bonds. The Kier molecular flexibility index (Phi) is 6.45. The van der Waals surface area contributed by atoms with Gasteiger partial charge in [-0.25, -0.2) is 17.6 Å². The maximum atomic E-state index is 14.0. The highest BCUT2D eigenvalue weighted by Crippen LogP contribution is 2.31. The second kappa shape index (κ2) is 8.69. The van der Waals surface area contributed by atoms with E-state index in [0.717, 1.165) is 17.4 Å². The summed E-state index contributed by atoms with van der Waals surface area (Å²) in [4.78, 5) is 15.0. The first-order valence-electron chi connectivity index (χ1n) is 9.65. The summed E-state index contributed by atoms with van der Waals surface area (Å²) in [5.74, 6) is -6.51. The molecule has 9 heteroatoms. The number of imidazole rings is 1. The molecule has 0 aliphatic heterocycles. The molecule has 1 aliphatic carbocycles. The Morgan fingerprint density at radius 1 is 1.07 bits per heavy atom. The summed E-state index contributed by atoms with van der Waals surface area (Å²) in [7, 11) is 1.36. The third kappa shape index (κ3) is 4.55. The molecule has 1 atom stereocenters. The molecule has 0 radical (unpaired) electrons. The van der Waals surface area contributed by atoms with Gasteiger partial charge in [-0.05, 0) is 38.5 Å². The number of nitrogens with zero attached hydrogens (tertiary/aromatic N) is 2. The number of rotatable bonds is 7. The van der Waals surface area contributed by atoms with Crippen molar-refractivity contribution in [1.29, 1.82) is 0 Å². The van der Waals surface area contributed by atoms with Gasteiger partial charge >= 0.3 is 0 Å². The zero-order chi connectivity index (χ0) is 21.3. The van der Waals surface area contributed by atoms with E-state index < -0.39 is 34.3 Å². The number of benzene rings is 1. The summed E-state index contributed by atoms with van der Waals surface area (Å²) in [6, 6.07) is -0.0951. The second-order valence-electron chi connectivity index (χ2n) is 7.77. The first-order valence-corrected chi connectivity index (χ1v) is 9.65. The van der Waals surface area contributed by atoms with E-state index in [1.54, 1.807) is 6.92 Å². The number of aromatic nitrogens is 2. The number of ketones is 1. The molecular weight excluding hydrogens is 392 g/mol. The van der Waals surface area contributed by atoms with E-state index in [4.69, 9.17) is 9.47 Å². The lowest BCUT2D eigenvalue weighted by Crippen LogP contribution is -2.30. The molecule has 1 fully saturated rings. The van der Waals surface area contributed by atoms with Crippen LogP contribution in [0.15, 0.2) is 0 Å². The van der Waals surface area contributed by atoms with Gasteiger partial charge in [0.05, 0.1) is 6.10 Å². The van der Waals surface area contributed by atoms with Crippen molar-refractivity contribution in [2.24, 2.45) is 13.0 Å². The van der Waals surface area contributed by atoms with Gasteiger partial charge in [0, 0.05) is 20.1 Å². The van der Waals surface area contributed by atoms with Crippen LogP contribution < -0.4 is 4.74 Å². The Labute approximate surface area is 166 Å². The number of fused-ring (bicyclic) bond motifs is 1. The molecule has 3 rings (SSSR count). The lowest BCUT2D eigenvalue weighted by Gasteiger charge is -2.29. The Balaban J connectivity index is 1.62. The quantitative estimate of drug-likeness (QED) is 0.380. The summed E-state index contributed by atoms with van der Waals surface area (Å²) >= 11 is 0. The number of carbonyl (C=O) groups excluding carboxylic acids is 1. The standard InChI is InChI=1S/C20H24F4N2O3/c1-10(8-11(2)27)9-28-12-4-6-13(7-5-12)29-20-25-18-16(23)14(21)15(22)17(24)19(18)26(20)3/h10,12-13H,4-9H2,1-3H3/t10-,12?,13?/m1/s1. The fourth-order valence-electron chi connectivity index (χ4n) is 3.70. The van der Waals surface area contributed by atoms with E-state index in [0.29, 0.717) is 25.9 Å². The molecule has 1 saturated carbocycles. The van der Waals surface area contributed by atoms with Gasteiger partial charge in [0.15, 0.2) is 23.3 Å². The van der Waals surface area contributed by atoms with Crippen LogP contribution in [0.5, 0.6) is 6.01 Å². The number of Topliss-reactive ketones (excluding diaryl/α,β-unsaturated/α-hetero) is 1. The van der Waals surface area contributed by atoms with Crippen molar-refractivity contribution in [1.82, 2.24) is 9.55 Å². The first kappa shape index (κ1) is 21.5. The van der Waals surface area contributed by atoms with Gasteiger partial charge in [0.2, 0.25) is 0 Å². The number of ether oxygens (including phenoxy) is 2. The van der Waals surface area contributed by atoms with Crippen molar-refractivity contribution < 1.29 is 31.8 Å². The highest BCUT2D eigenvalue weighted by molar-refractivity contribution is 5.78. The minimum atomic E-state index is -1.89. The highest BCUT2D eigenvalue weighted by atomic mass is 19.2. The SMILES string of the molecule is CC(=O)C[C@@H](C)COC1CCC(Oc2nc3c(F)c(F)c(F)c(F)c3n2C)CC1. The zero-order valence-corrected chi connectivity index (χ0v) is 16.6. The predicted molar refractivity (Wildman–Crippen MR) is 97.6 cm³/mol. The fraction of sp³-hybridized carbons (Fsp3) is 0.600. The molecule has 1 aromatic heterocycles. The van der Waals surface area contributed by atoms with Crippen LogP contribution in [0.2, 0.25) is 0 Å². The molecule has 0 saturated heterocycles. The number of hydrogen-bond acceptors (Lipinski definition) is 4. The molecular formula is C20H24F4N2O3. The smallest absolute Gasteiger partial charge is 0.297 e. The highest BCUT2D eigenvalue weighted by Gasteiger charge is 2.28. The number of hydrogen-bond donors (Lipinski definition) is 0. The molecule has 1 aliphatic rings. The van der Waals surface area contributed by atoms with Crippen LogP contribution >= 0.6 is 0 Å². The summed E-state index contributed by atoms with van der Waals surface area (Å²) in [5.41, 5.74) is -1.08. The summed E-state index contributed by atoms with van der Waals surface area (Å²) in [5, 5.41) is 0. The largest absolute Gasteiger partial charge is 0.461 e. The van der Waals surface area contributed by atoms with Gasteiger partial charge in [-0.15, -0.1) is 0 Å². The number of aryl methyl sites for hydroxylation is 1. The zero-order valence-electron chi connectivity index (χ0n) is 16.6. The Morgan fingerprint density at radius 2 is 1.66 bits per heavy atom. The van der Waals surface area contributed by atoms with Gasteiger partial charge in [0.25, 0.3) is 6.01 Å². The van der Waals surface area contributed by atoms with Crippen molar-refractivity contribution >= 4 is 16.8 Å². The third-order valence-corrected chi connectivity index (χ3v) is 5.19. The van der Waals surface area contributed by atoms with Gasteiger partial charge in [-0.3, -0.25) is 4.57 Å². The van der Waals surface area contributed by atoms with Crippen LogP contribution in [0, 0.1) is 29.2 Å². The molecule has 1 heterocycles. The summed E-state index contributed by atoms with van der Waals surface area (Å²) in [6.45, 7) is 4.03. The average Bonchev–Trinajstić information content (AvgIpc) is 3.00. The Morgan fingerprint density at radius 3 is 2.28 bits per heavy atom. The number of halogens is 4. The molecule has 0 bridgehead atoms. The minimum Gasteiger partial charge on any atom is -0.461 e. The van der Waals surface area contributed by atoms with Gasteiger partial charge in [-0.1, -0.05) is 6.92 Å². The van der Waals surface area contributed by atoms with Crippen molar-refractivity contribution in [2.45, 2.75) is 58.2 Å². The van der Waals surface area contributed by atoms with Gasteiger partial charge in [-0.2, -0.15) is 4.98 Å². The first-order chi connectivity index (χ1) is 13.7. The molecule has 0 unspecified atom stereocenters. The third-order valence-electron chi connectivity index (χ3n) is 5.19. The molecule has 0 N–H and O–H groups in total. The average molecular weight is 416 g/mol. The summed E-state index contributed by atoms with van der Waals surface area (Å²) in [6.07, 6.45) is 3.04. The predicted octanol–water partition coefficient (Wildman–Crippen LogP) is 4.45. The lowest BCUT2D eigenvalue weighted by atomic mass is 9.95. The maximum absolute atomic E-state index is 14.0. The van der Waals surface area contributed by atoms with Crippen LogP contribution in [0.25, 0.3) is 11.0 Å². The van der Waals surface area contributed by atoms with E-state index in [-0.39, 0.29) is 29.9 Å². The lowest BCUT2D eigenvalue weighted by molar-refractivity contribution is -0.118. The molecule has 29 heavy (non-hydrogen) atoms. The Bertz CT molecular complexity index is 907. The number of carbonyl (C=O) groups is 1. The molecule has 5 nitrogen and oxygen atoms in total. The monoisotopic (exact) mass is 416 g/mol. The molecule has 0 spiro atoms. The van der Waals surface area contributed by atoms with Crippen LogP contribution in [0.1, 0.15) is 46.0 Å². The van der Waals surface area contributed by atoms with E-state index in [2.05, 4.69) is 4.98 Å². The fourth-order valence-corrected chi connectivity index (χ4v) is 3.70. The van der Waals surface area contributed by atoms with E-state index in [1.165, 1.54) is 7.05 Å². The van der Waals surface area contributed by atoms with Gasteiger partial charge < -0.3 is 14.3 Å². The molecule has 1 aromatic carbocycles. The van der Waals surface area contributed by atoms with E-state index >= 15 is 0 Å². The van der Waals surface area contributed by atoms with E-state index in [9.17, 15) is 22.4 Å². The van der Waals surface area contributed by atoms with Crippen molar-refractivity contribution in [2.75, 3.05) is 6.61 Å². The van der Waals surface area contributed by atoms with Crippen molar-refractivity contribution in [3.63, 3.8) is 0 Å². The molecule has 2 aromatic rings. The van der Waals surface area contributed by atoms with Crippen molar-refractivity contribution in [3.05, 3.63) is 23.3 Å². The van der Waals surface area contributed by atoms with Crippen LogP contribution in [0.3, 0.4) is 0 Å². The minimum absolute atomic E-state index is 0.0581. The summed E-state index contributed by atoms with van der Waals surface area (Å²) < 4.78 is 67.6. The van der Waals surface area contributed by atoms with E-state index in [1.807, 2.05) is 6.92 Å².